The van der Waals surface area contributed by atoms with Crippen molar-refractivity contribution in [1.29, 1.82) is 0 Å². The Morgan fingerprint density at radius 2 is 1.92 bits per heavy atom. The molecule has 24 heavy (non-hydrogen) atoms. The third kappa shape index (κ3) is 6.39. The van der Waals surface area contributed by atoms with Gasteiger partial charge < -0.3 is 9.46 Å². The average Bonchev–Trinajstić information content (AvgIpc) is 2.61. The van der Waals surface area contributed by atoms with Crippen LogP contribution in [0.2, 0.25) is 0 Å². The van der Waals surface area contributed by atoms with E-state index in [4.69, 9.17) is 4.74 Å². The van der Waals surface area contributed by atoms with E-state index >= 15 is 0 Å². The summed E-state index contributed by atoms with van der Waals surface area (Å²) in [5, 5.41) is 0. The molecule has 124 valence electrons. The lowest BCUT2D eigenvalue weighted by molar-refractivity contribution is 0.447. The number of rotatable bonds is 8. The quantitative estimate of drug-likeness (QED) is 0.344. The molecule has 0 fully saturated rings. The molecule has 2 nitrogen and oxygen atoms in total. The lowest BCUT2D eigenvalue weighted by Crippen LogP contribution is -1.93. The number of ether oxygens (including phenoxy) is 1. The van der Waals surface area contributed by atoms with Crippen LogP contribution in [0.25, 0.3) is 0 Å². The fourth-order valence-electron chi connectivity index (χ4n) is 1.91. The highest BCUT2D eigenvalue weighted by molar-refractivity contribution is 7.99. The number of allylic oxidation sites excluding steroid dienone is 4. The van der Waals surface area contributed by atoms with Gasteiger partial charge in [-0.1, -0.05) is 60.7 Å². The maximum Gasteiger partial charge on any atom is 0.129 e. The number of hydrogen-bond donors (Lipinski definition) is 1. The zero-order valence-electron chi connectivity index (χ0n) is 14.2. The lowest BCUT2D eigenvalue weighted by atomic mass is 10.2. The Bertz CT molecular complexity index is 720. The summed E-state index contributed by atoms with van der Waals surface area (Å²) in [4.78, 5) is 0. The van der Waals surface area contributed by atoms with Crippen LogP contribution in [0.3, 0.4) is 0 Å². The molecule has 3 heteroatoms. The molecule has 0 aliphatic rings. The van der Waals surface area contributed by atoms with Gasteiger partial charge in [0, 0.05) is 17.5 Å². The highest BCUT2D eigenvalue weighted by Gasteiger charge is 1.99. The molecule has 0 bridgehead atoms. The van der Waals surface area contributed by atoms with Crippen LogP contribution >= 0.6 is 11.9 Å². The van der Waals surface area contributed by atoms with Crippen molar-refractivity contribution in [2.45, 2.75) is 19.6 Å². The van der Waals surface area contributed by atoms with E-state index in [-0.39, 0.29) is 0 Å². The van der Waals surface area contributed by atoms with Crippen molar-refractivity contribution >= 4 is 17.6 Å². The normalized spacial score (nSPS) is 11.5. The zero-order valence-corrected chi connectivity index (χ0v) is 15.0. The first-order valence-corrected chi connectivity index (χ1v) is 8.85. The zero-order chi connectivity index (χ0) is 17.2. The minimum atomic E-state index is 0.616. The summed E-state index contributed by atoms with van der Waals surface area (Å²) in [5.41, 5.74) is 3.47. The molecule has 0 atom stereocenters. The Morgan fingerprint density at radius 1 is 1.12 bits per heavy atom. The van der Waals surface area contributed by atoms with Gasteiger partial charge in [-0.05, 0) is 49.6 Å². The Balaban J connectivity index is 1.87. The number of hydrogen-bond acceptors (Lipinski definition) is 3. The first kappa shape index (κ1) is 18.0. The third-order valence-corrected chi connectivity index (χ3v) is 4.20. The standard InChI is InChI=1S/C21H23NOS/c1-4-17(2)13-14-18(3)23-21-12-8-11-20(15-21)22-24-16-19-9-6-5-7-10-19/h4-15,22H,3,16H2,1-2H3/b14-13-,17-4-. The molecular formula is C21H23NOS. The molecule has 0 unspecified atom stereocenters. The molecule has 0 amide bonds. The molecular weight excluding hydrogens is 314 g/mol. The van der Waals surface area contributed by atoms with Gasteiger partial charge in [0.2, 0.25) is 0 Å². The van der Waals surface area contributed by atoms with E-state index in [1.165, 1.54) is 11.1 Å². The molecule has 0 heterocycles. The van der Waals surface area contributed by atoms with Crippen LogP contribution in [-0.2, 0) is 5.75 Å². The van der Waals surface area contributed by atoms with Gasteiger partial charge >= 0.3 is 0 Å². The summed E-state index contributed by atoms with van der Waals surface area (Å²) in [5.74, 6) is 2.29. The predicted molar refractivity (Wildman–Crippen MR) is 106 cm³/mol. The van der Waals surface area contributed by atoms with Gasteiger partial charge in [0.15, 0.2) is 0 Å². The summed E-state index contributed by atoms with van der Waals surface area (Å²) in [6, 6.07) is 18.3. The van der Waals surface area contributed by atoms with Gasteiger partial charge in [0.05, 0.1) is 0 Å². The van der Waals surface area contributed by atoms with E-state index in [0.717, 1.165) is 17.2 Å². The highest BCUT2D eigenvalue weighted by atomic mass is 32.2. The van der Waals surface area contributed by atoms with Crippen LogP contribution in [0.5, 0.6) is 5.75 Å². The van der Waals surface area contributed by atoms with Gasteiger partial charge in [-0.2, -0.15) is 0 Å². The summed E-state index contributed by atoms with van der Waals surface area (Å²) < 4.78 is 9.10. The van der Waals surface area contributed by atoms with Crippen LogP contribution in [0.1, 0.15) is 19.4 Å². The second kappa shape index (κ2) is 9.68. The molecule has 1 N–H and O–H groups in total. The van der Waals surface area contributed by atoms with Crippen molar-refractivity contribution < 1.29 is 4.74 Å². The number of nitrogens with one attached hydrogen (secondary N) is 1. The van der Waals surface area contributed by atoms with Crippen molar-refractivity contribution in [3.63, 3.8) is 0 Å². The van der Waals surface area contributed by atoms with Gasteiger partial charge in [0.25, 0.3) is 0 Å². The van der Waals surface area contributed by atoms with Crippen LogP contribution < -0.4 is 9.46 Å². The first-order valence-electron chi connectivity index (χ1n) is 7.87. The Morgan fingerprint density at radius 3 is 2.67 bits per heavy atom. The molecule has 0 aliphatic carbocycles. The van der Waals surface area contributed by atoms with E-state index < -0.39 is 0 Å². The minimum Gasteiger partial charge on any atom is -0.458 e. The van der Waals surface area contributed by atoms with Crippen LogP contribution in [-0.4, -0.2) is 0 Å². The van der Waals surface area contributed by atoms with E-state index in [2.05, 4.69) is 35.6 Å². The summed E-state index contributed by atoms with van der Waals surface area (Å²) in [7, 11) is 0. The maximum atomic E-state index is 5.76. The molecule has 2 rings (SSSR count). The smallest absolute Gasteiger partial charge is 0.129 e. The minimum absolute atomic E-state index is 0.616. The third-order valence-electron chi connectivity index (χ3n) is 3.34. The van der Waals surface area contributed by atoms with Crippen molar-refractivity contribution in [2.75, 3.05) is 4.72 Å². The largest absolute Gasteiger partial charge is 0.458 e. The number of anilines is 1. The monoisotopic (exact) mass is 337 g/mol. The van der Waals surface area contributed by atoms with Gasteiger partial charge in [0.1, 0.15) is 11.5 Å². The van der Waals surface area contributed by atoms with E-state index in [0.29, 0.717) is 5.76 Å². The summed E-state index contributed by atoms with van der Waals surface area (Å²) >= 11 is 1.65. The summed E-state index contributed by atoms with van der Waals surface area (Å²) in [6.07, 6.45) is 5.90. The van der Waals surface area contributed by atoms with Gasteiger partial charge in [-0.25, -0.2) is 0 Å². The van der Waals surface area contributed by atoms with Crippen LogP contribution in [0, 0.1) is 0 Å². The van der Waals surface area contributed by atoms with Gasteiger partial charge in [-0.3, -0.25) is 0 Å². The Kier molecular flexibility index (Phi) is 7.24. The van der Waals surface area contributed by atoms with Crippen molar-refractivity contribution in [1.82, 2.24) is 0 Å². The SMILES string of the molecule is C=C(/C=C\C(C)=C/C)Oc1cccc(NSCc2ccccc2)c1. The van der Waals surface area contributed by atoms with E-state index in [1.54, 1.807) is 11.9 Å². The summed E-state index contributed by atoms with van der Waals surface area (Å²) in [6.45, 7) is 7.97. The van der Waals surface area contributed by atoms with Crippen LogP contribution in [0.15, 0.2) is 90.7 Å². The van der Waals surface area contributed by atoms with Crippen molar-refractivity contribution in [3.05, 3.63) is 96.3 Å². The maximum absolute atomic E-state index is 5.76. The molecule has 0 spiro atoms. The number of benzene rings is 2. The van der Waals surface area contributed by atoms with E-state index in [9.17, 15) is 0 Å². The fourth-order valence-corrected chi connectivity index (χ4v) is 2.63. The fraction of sp³-hybridized carbons (Fsp3) is 0.143. The molecule has 0 radical (unpaired) electrons. The van der Waals surface area contributed by atoms with Crippen molar-refractivity contribution in [2.24, 2.45) is 0 Å². The molecule has 0 aliphatic heterocycles. The van der Waals surface area contributed by atoms with Crippen LogP contribution in [0.4, 0.5) is 5.69 Å². The molecule has 0 aromatic heterocycles. The van der Waals surface area contributed by atoms with Gasteiger partial charge in [-0.15, -0.1) is 0 Å². The molecule has 0 saturated heterocycles. The topological polar surface area (TPSA) is 21.3 Å². The molecule has 2 aromatic rings. The second-order valence-corrected chi connectivity index (χ2v) is 6.12. The first-order chi connectivity index (χ1) is 11.7. The van der Waals surface area contributed by atoms with Crippen molar-refractivity contribution in [3.8, 4) is 5.75 Å². The average molecular weight is 337 g/mol. The Labute approximate surface area is 149 Å². The second-order valence-electron chi connectivity index (χ2n) is 5.34. The highest BCUT2D eigenvalue weighted by Crippen LogP contribution is 2.23. The molecule has 2 aromatic carbocycles. The predicted octanol–water partition coefficient (Wildman–Crippen LogP) is 6.36. The lowest BCUT2D eigenvalue weighted by Gasteiger charge is -2.09. The van der Waals surface area contributed by atoms with E-state index in [1.807, 2.05) is 62.4 Å². The Hall–Kier alpha value is -2.39. The molecule has 0 saturated carbocycles.